The van der Waals surface area contributed by atoms with Crippen molar-refractivity contribution in [1.82, 2.24) is 9.97 Å². The van der Waals surface area contributed by atoms with E-state index >= 15 is 0 Å². The highest BCUT2D eigenvalue weighted by atomic mass is 32.2. The summed E-state index contributed by atoms with van der Waals surface area (Å²) in [7, 11) is -3.81. The van der Waals surface area contributed by atoms with Gasteiger partial charge in [0.25, 0.3) is 0 Å². The predicted molar refractivity (Wildman–Crippen MR) is 74.7 cm³/mol. The first-order chi connectivity index (χ1) is 9.40. The summed E-state index contributed by atoms with van der Waals surface area (Å²) < 4.78 is 28.1. The third kappa shape index (κ3) is 3.31. The third-order valence-electron chi connectivity index (χ3n) is 2.66. The lowest BCUT2D eigenvalue weighted by Crippen LogP contribution is -2.47. The highest BCUT2D eigenvalue weighted by molar-refractivity contribution is 7.94. The van der Waals surface area contributed by atoms with Crippen molar-refractivity contribution in [2.45, 2.75) is 25.3 Å². The fourth-order valence-corrected chi connectivity index (χ4v) is 2.72. The molecule has 1 aromatic heterocycles. The normalized spacial score (nSPS) is 11.3. The van der Waals surface area contributed by atoms with Crippen molar-refractivity contribution in [2.75, 3.05) is 0 Å². The topological polar surface area (TPSA) is 102 Å². The van der Waals surface area contributed by atoms with Crippen molar-refractivity contribution in [3.63, 3.8) is 0 Å². The molecule has 2 rings (SSSR count). The molecule has 0 amide bonds. The molecule has 0 fully saturated rings. The van der Waals surface area contributed by atoms with E-state index in [1.54, 1.807) is 32.0 Å². The maximum Gasteiger partial charge on any atom is 0.229 e. The minimum absolute atomic E-state index is 0.0393. The largest absolute Gasteiger partial charge is 0.363 e. The van der Waals surface area contributed by atoms with Crippen LogP contribution in [0.5, 0.6) is 0 Å². The number of hydrogen-bond acceptors (Lipinski definition) is 4. The van der Waals surface area contributed by atoms with Crippen LogP contribution in [0.25, 0.3) is 4.72 Å². The van der Waals surface area contributed by atoms with Gasteiger partial charge in [0.05, 0.1) is 11.4 Å². The van der Waals surface area contributed by atoms with Gasteiger partial charge in [0.15, 0.2) is 0 Å². The molecular formula is C13H16N4O2S. The van der Waals surface area contributed by atoms with Crippen LogP contribution < -0.4 is 5.73 Å². The van der Waals surface area contributed by atoms with Crippen molar-refractivity contribution in [3.05, 3.63) is 52.0 Å². The molecule has 7 heteroatoms. The Bertz CT molecular complexity index is 709. The zero-order valence-corrected chi connectivity index (χ0v) is 12.2. The van der Waals surface area contributed by atoms with Gasteiger partial charge in [-0.2, -0.15) is 0 Å². The van der Waals surface area contributed by atoms with Crippen LogP contribution in [-0.2, 0) is 16.6 Å². The Morgan fingerprint density at radius 2 is 1.80 bits per heavy atom. The first kappa shape index (κ1) is 14.4. The van der Waals surface area contributed by atoms with E-state index < -0.39 is 10.0 Å². The standard InChI is InChI=1S/C13H15N4O2S/c1-9-6-10(2)16-13(15-9)17-20(18,19)12-5-3-4-11(7-12)8-14/h3-7H,8,14H2,1-2H3/q-1/p+1. The van der Waals surface area contributed by atoms with Gasteiger partial charge in [-0.05, 0) is 37.4 Å². The van der Waals surface area contributed by atoms with Crippen LogP contribution in [0.2, 0.25) is 0 Å². The second kappa shape index (κ2) is 5.56. The second-order valence-electron chi connectivity index (χ2n) is 4.41. The number of nitrogens with zero attached hydrogens (tertiary/aromatic N) is 3. The minimum Gasteiger partial charge on any atom is -0.363 e. The zero-order chi connectivity index (χ0) is 14.8. The number of hydrogen-bond donors (Lipinski definition) is 1. The first-order valence-corrected chi connectivity index (χ1v) is 7.53. The van der Waals surface area contributed by atoms with E-state index in [4.69, 9.17) is 0 Å². The molecule has 0 aliphatic rings. The molecule has 0 saturated heterocycles. The van der Waals surface area contributed by atoms with E-state index in [-0.39, 0.29) is 10.8 Å². The van der Waals surface area contributed by atoms with Crippen LogP contribution in [0.4, 0.5) is 5.95 Å². The van der Waals surface area contributed by atoms with Gasteiger partial charge in [0.2, 0.25) is 10.0 Å². The molecule has 2 aromatic rings. The van der Waals surface area contributed by atoms with E-state index in [0.717, 1.165) is 5.56 Å². The molecule has 0 saturated carbocycles. The number of benzene rings is 1. The maximum absolute atomic E-state index is 12.2. The molecule has 6 nitrogen and oxygen atoms in total. The quantitative estimate of drug-likeness (QED) is 0.915. The fourth-order valence-electron chi connectivity index (χ4n) is 1.77. The summed E-state index contributed by atoms with van der Waals surface area (Å²) >= 11 is 0. The molecule has 3 N–H and O–H groups in total. The van der Waals surface area contributed by atoms with E-state index in [1.165, 1.54) is 6.07 Å². The summed E-state index contributed by atoms with van der Waals surface area (Å²) in [4.78, 5) is 8.16. The predicted octanol–water partition coefficient (Wildman–Crippen LogP) is 1.23. The summed E-state index contributed by atoms with van der Waals surface area (Å²) in [6.07, 6.45) is 0. The first-order valence-electron chi connectivity index (χ1n) is 6.09. The van der Waals surface area contributed by atoms with Crippen molar-refractivity contribution in [2.24, 2.45) is 0 Å². The monoisotopic (exact) mass is 292 g/mol. The highest BCUT2D eigenvalue weighted by Crippen LogP contribution is 2.25. The molecule has 1 aromatic carbocycles. The molecule has 0 aliphatic carbocycles. The smallest absolute Gasteiger partial charge is 0.229 e. The van der Waals surface area contributed by atoms with Gasteiger partial charge < -0.3 is 15.7 Å². The zero-order valence-electron chi connectivity index (χ0n) is 11.4. The van der Waals surface area contributed by atoms with Crippen LogP contribution in [0.15, 0.2) is 35.2 Å². The lowest BCUT2D eigenvalue weighted by Gasteiger charge is -2.15. The van der Waals surface area contributed by atoms with E-state index in [0.29, 0.717) is 17.9 Å². The molecule has 20 heavy (non-hydrogen) atoms. The fraction of sp³-hybridized carbons (Fsp3) is 0.231. The summed E-state index contributed by atoms with van der Waals surface area (Å²) in [5.74, 6) is -0.0393. The number of quaternary nitrogens is 1. The van der Waals surface area contributed by atoms with Crippen LogP contribution >= 0.6 is 0 Å². The molecule has 0 bridgehead atoms. The summed E-state index contributed by atoms with van der Waals surface area (Å²) in [6, 6.07) is 8.31. The molecule has 0 aliphatic heterocycles. The molecule has 0 radical (unpaired) electrons. The van der Waals surface area contributed by atoms with Gasteiger partial charge in [-0.3, -0.25) is 4.72 Å². The SMILES string of the molecule is Cc1cc(C)nc([N-]S(=O)(=O)c2cccc(C[NH3+])c2)n1. The number of aromatic nitrogens is 2. The van der Waals surface area contributed by atoms with Gasteiger partial charge in [-0.25, -0.2) is 8.42 Å². The summed E-state index contributed by atoms with van der Waals surface area (Å²) in [6.45, 7) is 4.05. The molecule has 106 valence electrons. The average molecular weight is 292 g/mol. The Hall–Kier alpha value is -1.99. The third-order valence-corrected chi connectivity index (χ3v) is 3.91. The van der Waals surface area contributed by atoms with Crippen molar-refractivity contribution in [1.29, 1.82) is 0 Å². The summed E-state index contributed by atoms with van der Waals surface area (Å²) in [5.41, 5.74) is 5.93. The molecule has 0 unspecified atom stereocenters. The Kier molecular flexibility index (Phi) is 4.01. The molecule has 0 spiro atoms. The molecular weight excluding hydrogens is 276 g/mol. The van der Waals surface area contributed by atoms with Crippen molar-refractivity contribution >= 4 is 16.0 Å². The van der Waals surface area contributed by atoms with Gasteiger partial charge in [0, 0.05) is 11.5 Å². The molecule has 0 atom stereocenters. The van der Waals surface area contributed by atoms with Crippen molar-refractivity contribution < 1.29 is 14.2 Å². The van der Waals surface area contributed by atoms with Gasteiger partial charge >= 0.3 is 0 Å². The Balaban J connectivity index is 2.35. The number of aryl methyl sites for hydroxylation is 2. The van der Waals surface area contributed by atoms with Crippen LogP contribution in [0.3, 0.4) is 0 Å². The minimum atomic E-state index is -3.81. The van der Waals surface area contributed by atoms with Crippen LogP contribution in [-0.4, -0.2) is 18.4 Å². The van der Waals surface area contributed by atoms with Crippen molar-refractivity contribution in [3.8, 4) is 0 Å². The van der Waals surface area contributed by atoms with Gasteiger partial charge in [-0.1, -0.05) is 18.2 Å². The van der Waals surface area contributed by atoms with E-state index in [1.807, 2.05) is 6.07 Å². The second-order valence-corrected chi connectivity index (χ2v) is 6.02. The Labute approximate surface area is 118 Å². The average Bonchev–Trinajstić information content (AvgIpc) is 2.37. The Morgan fingerprint density at radius 1 is 1.15 bits per heavy atom. The van der Waals surface area contributed by atoms with Gasteiger partial charge in [-0.15, -0.1) is 0 Å². The van der Waals surface area contributed by atoms with E-state index in [2.05, 4.69) is 20.4 Å². The lowest BCUT2D eigenvalue weighted by molar-refractivity contribution is -0.386. The van der Waals surface area contributed by atoms with Gasteiger partial charge in [0.1, 0.15) is 0 Å². The number of sulfonamides is 1. The van der Waals surface area contributed by atoms with E-state index in [9.17, 15) is 8.42 Å². The lowest BCUT2D eigenvalue weighted by atomic mass is 10.2. The summed E-state index contributed by atoms with van der Waals surface area (Å²) in [5, 5.41) is 0. The maximum atomic E-state index is 12.2. The van der Waals surface area contributed by atoms with Crippen LogP contribution in [0.1, 0.15) is 17.0 Å². The number of rotatable bonds is 4. The molecule has 1 heterocycles. The Morgan fingerprint density at radius 3 is 2.40 bits per heavy atom. The highest BCUT2D eigenvalue weighted by Gasteiger charge is 2.12. The van der Waals surface area contributed by atoms with Crippen LogP contribution in [0, 0.1) is 13.8 Å².